The predicted octanol–water partition coefficient (Wildman–Crippen LogP) is 4.09. The smallest absolute Gasteiger partial charge is 0.343 e. The Bertz CT molecular complexity index is 1180. The fourth-order valence-corrected chi connectivity index (χ4v) is 2.83. The van der Waals surface area contributed by atoms with E-state index in [0.717, 1.165) is 0 Å². The van der Waals surface area contributed by atoms with E-state index in [0.29, 0.717) is 0 Å². The maximum atomic E-state index is 12.5. The number of hydrogen-bond donors (Lipinski definition) is 0. The first-order valence-corrected chi connectivity index (χ1v) is 9.92. The molecule has 8 nitrogen and oxygen atoms in total. The van der Waals surface area contributed by atoms with Crippen molar-refractivity contribution in [3.63, 3.8) is 0 Å². The highest BCUT2D eigenvalue weighted by atomic mass is 16.6. The number of carbonyl (C=O) groups is 4. The second-order valence-electron chi connectivity index (χ2n) is 6.56. The van der Waals surface area contributed by atoms with Crippen LogP contribution in [0.1, 0.15) is 48.4 Å². The molecule has 0 amide bonds. The van der Waals surface area contributed by atoms with E-state index >= 15 is 0 Å². The van der Waals surface area contributed by atoms with Gasteiger partial charge in [-0.25, -0.2) is 19.2 Å². The van der Waals surface area contributed by atoms with Crippen molar-refractivity contribution in [2.75, 3.05) is 13.7 Å². The first-order valence-electron chi connectivity index (χ1n) is 9.92. The Kier molecular flexibility index (Phi) is 7.54. The van der Waals surface area contributed by atoms with Crippen molar-refractivity contribution in [2.24, 2.45) is 0 Å². The number of benzene rings is 3. The minimum absolute atomic E-state index is 0.0495. The molecule has 0 N–H and O–H groups in total. The van der Waals surface area contributed by atoms with Crippen LogP contribution in [-0.4, -0.2) is 37.6 Å². The van der Waals surface area contributed by atoms with E-state index in [4.69, 9.17) is 14.2 Å². The molecule has 0 fully saturated rings. The molecule has 3 aromatic carbocycles. The molecule has 3 rings (SSSR count). The molecule has 0 heterocycles. The van der Waals surface area contributed by atoms with Crippen molar-refractivity contribution >= 4 is 23.9 Å². The lowest BCUT2D eigenvalue weighted by Gasteiger charge is -2.10. The highest BCUT2D eigenvalue weighted by Gasteiger charge is 2.19. The van der Waals surface area contributed by atoms with Crippen LogP contribution in [0.3, 0.4) is 0 Å². The third-order valence-electron chi connectivity index (χ3n) is 4.44. The Hall–Kier alpha value is -4.46. The van der Waals surface area contributed by atoms with Gasteiger partial charge in [-0.1, -0.05) is 24.3 Å². The van der Waals surface area contributed by atoms with Crippen molar-refractivity contribution < 1.29 is 38.1 Å². The van der Waals surface area contributed by atoms with E-state index in [2.05, 4.69) is 4.74 Å². The maximum Gasteiger partial charge on any atom is 0.343 e. The van der Waals surface area contributed by atoms with Crippen molar-refractivity contribution in [3.05, 3.63) is 95.1 Å². The third-order valence-corrected chi connectivity index (χ3v) is 4.44. The van der Waals surface area contributed by atoms with Crippen LogP contribution in [0.25, 0.3) is 0 Å². The Balaban J connectivity index is 1.72. The molecule has 0 atom stereocenters. The minimum Gasteiger partial charge on any atom is -0.465 e. The van der Waals surface area contributed by atoms with E-state index in [1.165, 1.54) is 55.6 Å². The molecular formula is C25H20O8. The fourth-order valence-electron chi connectivity index (χ4n) is 2.83. The summed E-state index contributed by atoms with van der Waals surface area (Å²) >= 11 is 0. The Morgan fingerprint density at radius 3 is 1.45 bits per heavy atom. The molecule has 168 valence electrons. The molecule has 8 heteroatoms. The molecule has 0 bridgehead atoms. The Labute approximate surface area is 189 Å². The lowest BCUT2D eigenvalue weighted by Crippen LogP contribution is -2.14. The molecule has 0 aromatic heterocycles. The zero-order valence-corrected chi connectivity index (χ0v) is 17.9. The summed E-state index contributed by atoms with van der Waals surface area (Å²) in [5.41, 5.74) is 0.532. The average Bonchev–Trinajstić information content (AvgIpc) is 2.84. The van der Waals surface area contributed by atoms with Gasteiger partial charge in [-0.15, -0.1) is 0 Å². The van der Waals surface area contributed by atoms with Crippen LogP contribution < -0.4 is 9.47 Å². The van der Waals surface area contributed by atoms with Gasteiger partial charge in [0.05, 0.1) is 24.8 Å². The Morgan fingerprint density at radius 1 is 0.606 bits per heavy atom. The summed E-state index contributed by atoms with van der Waals surface area (Å²) < 4.78 is 20.3. The summed E-state index contributed by atoms with van der Waals surface area (Å²) in [4.78, 5) is 48.9. The van der Waals surface area contributed by atoms with E-state index < -0.39 is 23.9 Å². The monoisotopic (exact) mass is 448 g/mol. The standard InChI is InChI=1S/C25H20O8/c1-3-31-25(29)19-9-5-7-11-21(19)33-23(27)17-14-12-16(13-15-17)22(26)32-20-10-6-4-8-18(20)24(28)30-2/h4-15H,3H2,1-2H3. The van der Waals surface area contributed by atoms with Gasteiger partial charge in [0.1, 0.15) is 22.6 Å². The van der Waals surface area contributed by atoms with Gasteiger partial charge < -0.3 is 18.9 Å². The molecule has 0 aliphatic heterocycles. The summed E-state index contributed by atoms with van der Waals surface area (Å²) in [6.45, 7) is 1.86. The largest absolute Gasteiger partial charge is 0.465 e. The van der Waals surface area contributed by atoms with Gasteiger partial charge in [0.25, 0.3) is 0 Å². The van der Waals surface area contributed by atoms with Gasteiger partial charge in [-0.3, -0.25) is 0 Å². The van der Waals surface area contributed by atoms with Gasteiger partial charge in [0.2, 0.25) is 0 Å². The number of carbonyl (C=O) groups excluding carboxylic acids is 4. The fraction of sp³-hybridized carbons (Fsp3) is 0.120. The highest BCUT2D eigenvalue weighted by molar-refractivity contribution is 5.98. The van der Waals surface area contributed by atoms with Crippen LogP contribution in [0.5, 0.6) is 11.5 Å². The molecule has 0 aliphatic carbocycles. The van der Waals surface area contributed by atoms with Crippen molar-refractivity contribution in [1.82, 2.24) is 0 Å². The number of hydrogen-bond acceptors (Lipinski definition) is 8. The van der Waals surface area contributed by atoms with Crippen molar-refractivity contribution in [2.45, 2.75) is 6.92 Å². The Morgan fingerprint density at radius 2 is 1.03 bits per heavy atom. The van der Waals surface area contributed by atoms with Crippen molar-refractivity contribution in [1.29, 1.82) is 0 Å². The number of rotatable bonds is 7. The SMILES string of the molecule is CCOC(=O)c1ccccc1OC(=O)c1ccc(C(=O)Oc2ccccc2C(=O)OC)cc1. The van der Waals surface area contributed by atoms with Crippen LogP contribution in [-0.2, 0) is 9.47 Å². The summed E-state index contributed by atoms with van der Waals surface area (Å²) in [5.74, 6) is -2.58. The number of ether oxygens (including phenoxy) is 4. The molecular weight excluding hydrogens is 428 g/mol. The second-order valence-corrected chi connectivity index (χ2v) is 6.56. The van der Waals surface area contributed by atoms with Crippen LogP contribution in [0, 0.1) is 0 Å². The van der Waals surface area contributed by atoms with E-state index in [9.17, 15) is 19.2 Å². The number of esters is 4. The number of methoxy groups -OCH3 is 1. The lowest BCUT2D eigenvalue weighted by atomic mass is 10.1. The van der Waals surface area contributed by atoms with E-state index in [-0.39, 0.29) is 40.4 Å². The molecule has 0 saturated heterocycles. The zero-order chi connectivity index (χ0) is 23.8. The van der Waals surface area contributed by atoms with Crippen LogP contribution in [0.15, 0.2) is 72.8 Å². The predicted molar refractivity (Wildman–Crippen MR) is 117 cm³/mol. The average molecular weight is 448 g/mol. The zero-order valence-electron chi connectivity index (χ0n) is 17.9. The van der Waals surface area contributed by atoms with E-state index in [1.54, 1.807) is 31.2 Å². The first kappa shape index (κ1) is 23.2. The van der Waals surface area contributed by atoms with Gasteiger partial charge in [0.15, 0.2) is 0 Å². The topological polar surface area (TPSA) is 105 Å². The highest BCUT2D eigenvalue weighted by Crippen LogP contribution is 2.22. The molecule has 0 aliphatic rings. The van der Waals surface area contributed by atoms with Gasteiger partial charge >= 0.3 is 23.9 Å². The minimum atomic E-state index is -0.723. The van der Waals surface area contributed by atoms with Crippen LogP contribution in [0.4, 0.5) is 0 Å². The second kappa shape index (κ2) is 10.7. The van der Waals surface area contributed by atoms with Crippen molar-refractivity contribution in [3.8, 4) is 11.5 Å². The summed E-state index contributed by atoms with van der Waals surface area (Å²) in [6, 6.07) is 17.9. The van der Waals surface area contributed by atoms with Gasteiger partial charge in [-0.05, 0) is 55.5 Å². The maximum absolute atomic E-state index is 12.5. The quantitative estimate of drug-likeness (QED) is 0.393. The molecule has 0 unspecified atom stereocenters. The molecule has 0 spiro atoms. The van der Waals surface area contributed by atoms with Crippen LogP contribution in [0.2, 0.25) is 0 Å². The van der Waals surface area contributed by atoms with Crippen LogP contribution >= 0.6 is 0 Å². The molecule has 33 heavy (non-hydrogen) atoms. The first-order chi connectivity index (χ1) is 15.9. The van der Waals surface area contributed by atoms with Gasteiger partial charge in [-0.2, -0.15) is 0 Å². The third kappa shape index (κ3) is 5.62. The molecule has 0 radical (unpaired) electrons. The molecule has 3 aromatic rings. The normalized spacial score (nSPS) is 10.1. The lowest BCUT2D eigenvalue weighted by molar-refractivity contribution is 0.0518. The number of para-hydroxylation sites is 2. The van der Waals surface area contributed by atoms with E-state index in [1.807, 2.05) is 0 Å². The summed E-state index contributed by atoms with van der Waals surface area (Å²) in [5, 5.41) is 0. The molecule has 0 saturated carbocycles. The summed E-state index contributed by atoms with van der Waals surface area (Å²) in [6.07, 6.45) is 0. The van der Waals surface area contributed by atoms with Gasteiger partial charge in [0, 0.05) is 0 Å². The summed E-state index contributed by atoms with van der Waals surface area (Å²) in [7, 11) is 1.23.